The number of fused-ring (bicyclic) bond motifs is 4. The summed E-state index contributed by atoms with van der Waals surface area (Å²) in [5, 5.41) is 1.96. The molecule has 0 radical (unpaired) electrons. The number of halogens is 1. The second-order valence-corrected chi connectivity index (χ2v) is 12.5. The standard InChI is InChI=1S/C39H29FN2O3S/c1-44-28-18-14-26(15-19-28)37-31-20-16-25-9-3-6-12-30(25)36(31)41-39-42(37)38(43)35(46-39)22-32-29-11-5-2-8-24(29)17-21-34(32)45-23-27-10-4-7-13-33(27)40/h2-15,17-19,21-22,37H,16,20,23H2,1H3/b35-22+/t37-/m0/s1. The lowest BCUT2D eigenvalue weighted by molar-refractivity contribution is 0.299. The summed E-state index contributed by atoms with van der Waals surface area (Å²) in [6.45, 7) is 0.0662. The minimum Gasteiger partial charge on any atom is -0.497 e. The molecule has 0 N–H and O–H groups in total. The number of hydrogen-bond donors (Lipinski definition) is 0. The normalized spacial score (nSPS) is 15.6. The molecule has 0 spiro atoms. The first-order valence-corrected chi connectivity index (χ1v) is 16.1. The van der Waals surface area contributed by atoms with Crippen LogP contribution in [0.4, 0.5) is 4.39 Å². The number of hydrogen-bond acceptors (Lipinski definition) is 5. The number of thiazole rings is 1. The van der Waals surface area contributed by atoms with E-state index >= 15 is 0 Å². The molecular weight excluding hydrogens is 596 g/mol. The van der Waals surface area contributed by atoms with Crippen molar-refractivity contribution in [2.24, 2.45) is 4.99 Å². The van der Waals surface area contributed by atoms with E-state index in [1.807, 2.05) is 77.4 Å². The molecule has 5 aromatic carbocycles. The average Bonchev–Trinajstić information content (AvgIpc) is 3.41. The van der Waals surface area contributed by atoms with Gasteiger partial charge in [-0.05, 0) is 70.7 Å². The van der Waals surface area contributed by atoms with Crippen molar-refractivity contribution in [3.63, 3.8) is 0 Å². The van der Waals surface area contributed by atoms with Crippen LogP contribution in [-0.4, -0.2) is 11.7 Å². The van der Waals surface area contributed by atoms with E-state index in [9.17, 15) is 9.18 Å². The van der Waals surface area contributed by atoms with Gasteiger partial charge in [-0.15, -0.1) is 0 Å². The van der Waals surface area contributed by atoms with Crippen LogP contribution in [0.5, 0.6) is 11.5 Å². The monoisotopic (exact) mass is 624 g/mol. The molecule has 0 amide bonds. The first-order chi connectivity index (χ1) is 22.6. The van der Waals surface area contributed by atoms with Crippen molar-refractivity contribution in [1.82, 2.24) is 4.57 Å². The van der Waals surface area contributed by atoms with Crippen molar-refractivity contribution < 1.29 is 13.9 Å². The zero-order valence-electron chi connectivity index (χ0n) is 25.1. The van der Waals surface area contributed by atoms with Crippen molar-refractivity contribution in [3.05, 3.63) is 168 Å². The number of ether oxygens (including phenoxy) is 2. The molecule has 0 fully saturated rings. The Balaban J connectivity index is 1.32. The Morgan fingerprint density at radius 1 is 0.913 bits per heavy atom. The third-order valence-corrected chi connectivity index (χ3v) is 9.83. The van der Waals surface area contributed by atoms with E-state index in [0.29, 0.717) is 20.6 Å². The van der Waals surface area contributed by atoms with Gasteiger partial charge in [-0.2, -0.15) is 0 Å². The highest BCUT2D eigenvalue weighted by Crippen LogP contribution is 2.41. The summed E-state index contributed by atoms with van der Waals surface area (Å²) in [6.07, 6.45) is 3.61. The van der Waals surface area contributed by atoms with Crippen molar-refractivity contribution >= 4 is 33.9 Å². The van der Waals surface area contributed by atoms with Crippen LogP contribution in [-0.2, 0) is 13.0 Å². The fourth-order valence-corrected chi connectivity index (χ4v) is 7.54. The molecule has 226 valence electrons. The van der Waals surface area contributed by atoms with Gasteiger partial charge in [-0.1, -0.05) is 96.3 Å². The van der Waals surface area contributed by atoms with Gasteiger partial charge >= 0.3 is 0 Å². The lowest BCUT2D eigenvalue weighted by Crippen LogP contribution is -2.38. The zero-order chi connectivity index (χ0) is 31.2. The maximum Gasteiger partial charge on any atom is 0.271 e. The summed E-state index contributed by atoms with van der Waals surface area (Å²) in [4.78, 5) is 20.3. The number of nitrogens with zero attached hydrogens (tertiary/aromatic N) is 2. The number of methoxy groups -OCH3 is 1. The fraction of sp³-hybridized carbons (Fsp3) is 0.128. The van der Waals surface area contributed by atoms with Crippen LogP contribution >= 0.6 is 11.3 Å². The molecule has 5 nitrogen and oxygen atoms in total. The van der Waals surface area contributed by atoms with Gasteiger partial charge in [0.25, 0.3) is 5.56 Å². The quantitative estimate of drug-likeness (QED) is 0.197. The van der Waals surface area contributed by atoms with Crippen molar-refractivity contribution in [3.8, 4) is 11.5 Å². The minimum absolute atomic E-state index is 0.0662. The molecule has 7 heteroatoms. The van der Waals surface area contributed by atoms with Crippen LogP contribution in [0.1, 0.15) is 40.3 Å². The van der Waals surface area contributed by atoms with Crippen LogP contribution in [0.2, 0.25) is 0 Å². The Morgan fingerprint density at radius 2 is 1.70 bits per heavy atom. The van der Waals surface area contributed by atoms with E-state index in [-0.39, 0.29) is 24.0 Å². The van der Waals surface area contributed by atoms with Gasteiger partial charge in [-0.25, -0.2) is 9.38 Å². The Bertz CT molecular complexity index is 2350. The minimum atomic E-state index is -0.317. The summed E-state index contributed by atoms with van der Waals surface area (Å²) in [7, 11) is 1.65. The smallest absolute Gasteiger partial charge is 0.271 e. The predicted octanol–water partition coefficient (Wildman–Crippen LogP) is 7.20. The molecule has 8 rings (SSSR count). The van der Waals surface area contributed by atoms with Crippen LogP contribution in [0.15, 0.2) is 125 Å². The van der Waals surface area contributed by atoms with E-state index in [2.05, 4.69) is 18.2 Å². The molecule has 0 bridgehead atoms. The number of rotatable bonds is 6. The SMILES string of the molecule is COc1ccc([C@H]2C3=C(N=c4s/c(=C/c5c(OCc6ccccc6F)ccc6ccccc56)c(=O)n42)c2ccccc2CC3)cc1. The van der Waals surface area contributed by atoms with Gasteiger partial charge in [0.15, 0.2) is 4.80 Å². The number of allylic oxidation sites excluding steroid dienone is 1. The third kappa shape index (κ3) is 4.84. The Hall–Kier alpha value is -5.27. The molecular formula is C39H29FN2O3S. The molecule has 0 saturated heterocycles. The van der Waals surface area contributed by atoms with Crippen molar-refractivity contribution in [1.29, 1.82) is 0 Å². The zero-order valence-corrected chi connectivity index (χ0v) is 25.9. The van der Waals surface area contributed by atoms with Crippen LogP contribution < -0.4 is 24.4 Å². The highest BCUT2D eigenvalue weighted by atomic mass is 32.1. The van der Waals surface area contributed by atoms with Gasteiger partial charge in [0.1, 0.15) is 23.9 Å². The maximum absolute atomic E-state index is 14.5. The van der Waals surface area contributed by atoms with E-state index in [1.165, 1.54) is 23.0 Å². The Morgan fingerprint density at radius 3 is 2.54 bits per heavy atom. The van der Waals surface area contributed by atoms with Gasteiger partial charge in [0.05, 0.1) is 23.4 Å². The summed E-state index contributed by atoms with van der Waals surface area (Å²) in [5.41, 5.74) is 6.62. The van der Waals surface area contributed by atoms with Crippen LogP contribution in [0, 0.1) is 5.82 Å². The molecule has 1 aliphatic heterocycles. The third-order valence-electron chi connectivity index (χ3n) is 8.85. The molecule has 6 aromatic rings. The molecule has 2 heterocycles. The predicted molar refractivity (Wildman–Crippen MR) is 180 cm³/mol. The molecule has 0 saturated carbocycles. The number of aromatic nitrogens is 1. The average molecular weight is 625 g/mol. The molecule has 1 aromatic heterocycles. The second kappa shape index (κ2) is 11.6. The molecule has 2 aliphatic rings. The summed E-state index contributed by atoms with van der Waals surface area (Å²) in [5.74, 6) is 1.02. The van der Waals surface area contributed by atoms with Crippen LogP contribution in [0.3, 0.4) is 0 Å². The molecule has 1 atom stereocenters. The van der Waals surface area contributed by atoms with Crippen molar-refractivity contribution in [2.75, 3.05) is 7.11 Å². The lowest BCUT2D eigenvalue weighted by atomic mass is 9.83. The topological polar surface area (TPSA) is 52.8 Å². The van der Waals surface area contributed by atoms with E-state index in [0.717, 1.165) is 57.3 Å². The Labute approximate surface area is 268 Å². The highest BCUT2D eigenvalue weighted by Gasteiger charge is 2.32. The molecule has 0 unspecified atom stereocenters. The van der Waals surface area contributed by atoms with Crippen LogP contribution in [0.25, 0.3) is 22.5 Å². The first kappa shape index (κ1) is 28.2. The highest BCUT2D eigenvalue weighted by molar-refractivity contribution is 7.07. The number of aryl methyl sites for hydroxylation is 1. The van der Waals surface area contributed by atoms with E-state index in [4.69, 9.17) is 14.5 Å². The summed E-state index contributed by atoms with van der Waals surface area (Å²) < 4.78 is 28.5. The van der Waals surface area contributed by atoms with E-state index in [1.54, 1.807) is 25.3 Å². The van der Waals surface area contributed by atoms with Gasteiger partial charge in [0, 0.05) is 16.7 Å². The summed E-state index contributed by atoms with van der Waals surface area (Å²) >= 11 is 1.38. The van der Waals surface area contributed by atoms with Gasteiger partial charge in [0.2, 0.25) is 0 Å². The fourth-order valence-electron chi connectivity index (χ4n) is 6.56. The molecule has 46 heavy (non-hydrogen) atoms. The lowest BCUT2D eigenvalue weighted by Gasteiger charge is -2.30. The van der Waals surface area contributed by atoms with Gasteiger partial charge < -0.3 is 9.47 Å². The van der Waals surface area contributed by atoms with Gasteiger partial charge in [-0.3, -0.25) is 9.36 Å². The van der Waals surface area contributed by atoms with E-state index < -0.39 is 0 Å². The largest absolute Gasteiger partial charge is 0.497 e. The maximum atomic E-state index is 14.5. The Kier molecular flexibility index (Phi) is 7.11. The second-order valence-electron chi connectivity index (χ2n) is 11.5. The summed E-state index contributed by atoms with van der Waals surface area (Å²) in [6, 6.07) is 34.5. The molecule has 1 aliphatic carbocycles. The first-order valence-electron chi connectivity index (χ1n) is 15.2. The van der Waals surface area contributed by atoms with Crippen molar-refractivity contribution in [2.45, 2.75) is 25.5 Å². The number of benzene rings is 5.